The number of hydrogen-bond donors (Lipinski definition) is 2. The molecule has 96 valence electrons. The van der Waals surface area contributed by atoms with Crippen LogP contribution in [0.3, 0.4) is 0 Å². The van der Waals surface area contributed by atoms with Gasteiger partial charge >= 0.3 is 0 Å². The predicted octanol–water partition coefficient (Wildman–Crippen LogP) is 3.27. The highest BCUT2D eigenvalue weighted by molar-refractivity contribution is 9.10. The van der Waals surface area contributed by atoms with Crippen LogP contribution in [0.1, 0.15) is 22.4 Å². The molecule has 18 heavy (non-hydrogen) atoms. The van der Waals surface area contributed by atoms with Gasteiger partial charge in [-0.2, -0.15) is 5.10 Å². The van der Waals surface area contributed by atoms with Gasteiger partial charge in [-0.25, -0.2) is 0 Å². The Morgan fingerprint density at radius 3 is 2.61 bits per heavy atom. The summed E-state index contributed by atoms with van der Waals surface area (Å²) in [5, 5.41) is 7.47. The Kier molecular flexibility index (Phi) is 3.88. The number of halogens is 1. The van der Waals surface area contributed by atoms with Gasteiger partial charge in [-0.15, -0.1) is 0 Å². The van der Waals surface area contributed by atoms with Crippen LogP contribution in [0.5, 0.6) is 0 Å². The summed E-state index contributed by atoms with van der Waals surface area (Å²) in [6, 6.07) is 4.27. The molecule has 0 atom stereocenters. The summed E-state index contributed by atoms with van der Waals surface area (Å²) in [5.41, 5.74) is 12.7. The number of rotatable bonds is 3. The smallest absolute Gasteiger partial charge is 0.107 e. The molecule has 0 aliphatic heterocycles. The first-order chi connectivity index (χ1) is 8.56. The van der Waals surface area contributed by atoms with Crippen LogP contribution < -0.4 is 5.73 Å². The molecule has 0 aliphatic carbocycles. The van der Waals surface area contributed by atoms with E-state index in [2.05, 4.69) is 59.0 Å². The number of nitrogens with two attached hydrogens (primary N) is 1. The molecule has 0 aliphatic rings. The summed E-state index contributed by atoms with van der Waals surface area (Å²) < 4.78 is 1.03. The Hall–Kier alpha value is -1.13. The lowest BCUT2D eigenvalue weighted by Gasteiger charge is -2.09. The molecule has 0 fully saturated rings. The van der Waals surface area contributed by atoms with Crippen LogP contribution in [0.4, 0.5) is 0 Å². The van der Waals surface area contributed by atoms with Crippen molar-refractivity contribution in [3.8, 4) is 11.3 Å². The largest absolute Gasteiger partial charge is 0.330 e. The Morgan fingerprint density at radius 1 is 1.22 bits per heavy atom. The fourth-order valence-corrected chi connectivity index (χ4v) is 2.65. The van der Waals surface area contributed by atoms with Crippen LogP contribution in [-0.4, -0.2) is 16.7 Å². The first kappa shape index (κ1) is 13.3. The van der Waals surface area contributed by atoms with Crippen molar-refractivity contribution >= 4 is 15.9 Å². The normalized spacial score (nSPS) is 10.9. The van der Waals surface area contributed by atoms with E-state index >= 15 is 0 Å². The molecule has 1 aromatic carbocycles. The number of aromatic amines is 1. The molecule has 3 nitrogen and oxygen atoms in total. The van der Waals surface area contributed by atoms with Gasteiger partial charge in [0, 0.05) is 12.0 Å². The molecule has 0 radical (unpaired) electrons. The lowest BCUT2D eigenvalue weighted by atomic mass is 9.97. The van der Waals surface area contributed by atoms with Gasteiger partial charge in [0.05, 0.1) is 10.2 Å². The zero-order valence-electron chi connectivity index (χ0n) is 11.0. The second-order valence-electron chi connectivity index (χ2n) is 4.58. The standard InChI is InChI=1S/C14H18BrN3/c1-8-4-5-11(10(3)9(8)2)14-13(15)12(6-7-16)17-18-14/h4-5H,6-7,16H2,1-3H3,(H,17,18). The van der Waals surface area contributed by atoms with Gasteiger partial charge in [0.25, 0.3) is 0 Å². The quantitative estimate of drug-likeness (QED) is 0.914. The molecule has 1 aromatic heterocycles. The Labute approximate surface area is 116 Å². The van der Waals surface area contributed by atoms with Gasteiger partial charge in [-0.05, 0) is 59.9 Å². The van der Waals surface area contributed by atoms with Gasteiger partial charge < -0.3 is 5.73 Å². The van der Waals surface area contributed by atoms with E-state index in [1.165, 1.54) is 22.3 Å². The van der Waals surface area contributed by atoms with Gasteiger partial charge in [0.2, 0.25) is 0 Å². The van der Waals surface area contributed by atoms with Crippen LogP contribution in [-0.2, 0) is 6.42 Å². The van der Waals surface area contributed by atoms with E-state index in [-0.39, 0.29) is 0 Å². The van der Waals surface area contributed by atoms with E-state index in [9.17, 15) is 0 Å². The molecule has 3 N–H and O–H groups in total. The monoisotopic (exact) mass is 307 g/mol. The SMILES string of the molecule is Cc1ccc(-c2n[nH]c(CCN)c2Br)c(C)c1C. The van der Waals surface area contributed by atoms with E-state index < -0.39 is 0 Å². The van der Waals surface area contributed by atoms with Crippen LogP contribution in [0.15, 0.2) is 16.6 Å². The maximum atomic E-state index is 5.58. The van der Waals surface area contributed by atoms with Crippen LogP contribution in [0.2, 0.25) is 0 Å². The molecule has 2 aromatic rings. The summed E-state index contributed by atoms with van der Waals surface area (Å²) in [4.78, 5) is 0. The molecular formula is C14H18BrN3. The second kappa shape index (κ2) is 5.24. The highest BCUT2D eigenvalue weighted by Gasteiger charge is 2.15. The van der Waals surface area contributed by atoms with Crippen LogP contribution in [0.25, 0.3) is 11.3 Å². The summed E-state index contributed by atoms with van der Waals surface area (Å²) in [6.45, 7) is 7.04. The maximum Gasteiger partial charge on any atom is 0.107 e. The van der Waals surface area contributed by atoms with Crippen LogP contribution in [0, 0.1) is 20.8 Å². The number of aromatic nitrogens is 2. The summed E-state index contributed by atoms with van der Waals surface area (Å²) in [6.07, 6.45) is 0.803. The minimum atomic E-state index is 0.617. The zero-order valence-corrected chi connectivity index (χ0v) is 12.6. The first-order valence-electron chi connectivity index (χ1n) is 6.06. The summed E-state index contributed by atoms with van der Waals surface area (Å²) >= 11 is 3.62. The van der Waals surface area contributed by atoms with Gasteiger partial charge in [0.1, 0.15) is 5.69 Å². The molecule has 4 heteroatoms. The fourth-order valence-electron chi connectivity index (χ4n) is 2.07. The van der Waals surface area contributed by atoms with E-state index in [0.717, 1.165) is 22.3 Å². The average molecular weight is 308 g/mol. The number of nitrogens with one attached hydrogen (secondary N) is 1. The molecule has 0 bridgehead atoms. The minimum absolute atomic E-state index is 0.617. The Morgan fingerprint density at radius 2 is 1.94 bits per heavy atom. The highest BCUT2D eigenvalue weighted by Crippen LogP contribution is 2.33. The third-order valence-corrected chi connectivity index (χ3v) is 4.34. The first-order valence-corrected chi connectivity index (χ1v) is 6.85. The lowest BCUT2D eigenvalue weighted by molar-refractivity contribution is 0.898. The number of aryl methyl sites for hydroxylation is 1. The molecular weight excluding hydrogens is 290 g/mol. The third-order valence-electron chi connectivity index (χ3n) is 3.48. The topological polar surface area (TPSA) is 54.7 Å². The van der Waals surface area contributed by atoms with E-state index in [1.54, 1.807) is 0 Å². The van der Waals surface area contributed by atoms with E-state index in [1.807, 2.05) is 0 Å². The maximum absolute atomic E-state index is 5.58. The number of hydrogen-bond acceptors (Lipinski definition) is 2. The molecule has 0 spiro atoms. The molecule has 0 saturated carbocycles. The van der Waals surface area contributed by atoms with Crippen molar-refractivity contribution in [3.05, 3.63) is 39.0 Å². The van der Waals surface area contributed by atoms with E-state index in [0.29, 0.717) is 6.54 Å². The molecule has 0 unspecified atom stereocenters. The van der Waals surface area contributed by atoms with Gasteiger partial charge in [-0.3, -0.25) is 5.10 Å². The van der Waals surface area contributed by atoms with Crippen molar-refractivity contribution in [1.82, 2.24) is 10.2 Å². The lowest BCUT2D eigenvalue weighted by Crippen LogP contribution is -2.03. The van der Waals surface area contributed by atoms with E-state index in [4.69, 9.17) is 5.73 Å². The molecule has 2 rings (SSSR count). The Bertz CT molecular complexity index is 573. The molecule has 0 amide bonds. The van der Waals surface area contributed by atoms with Crippen molar-refractivity contribution in [3.63, 3.8) is 0 Å². The fraction of sp³-hybridized carbons (Fsp3) is 0.357. The van der Waals surface area contributed by atoms with Gasteiger partial charge in [0.15, 0.2) is 0 Å². The van der Waals surface area contributed by atoms with Crippen molar-refractivity contribution in [2.24, 2.45) is 5.73 Å². The van der Waals surface area contributed by atoms with Crippen molar-refractivity contribution < 1.29 is 0 Å². The molecule has 1 heterocycles. The number of nitrogens with zero attached hydrogens (tertiary/aromatic N) is 1. The zero-order chi connectivity index (χ0) is 13.3. The van der Waals surface area contributed by atoms with Crippen molar-refractivity contribution in [1.29, 1.82) is 0 Å². The average Bonchev–Trinajstić information content (AvgIpc) is 2.70. The van der Waals surface area contributed by atoms with Crippen molar-refractivity contribution in [2.75, 3.05) is 6.54 Å². The minimum Gasteiger partial charge on any atom is -0.330 e. The second-order valence-corrected chi connectivity index (χ2v) is 5.38. The third kappa shape index (κ3) is 2.22. The number of H-pyrrole nitrogens is 1. The predicted molar refractivity (Wildman–Crippen MR) is 78.7 cm³/mol. The highest BCUT2D eigenvalue weighted by atomic mass is 79.9. The number of benzene rings is 1. The summed E-state index contributed by atoms with van der Waals surface area (Å²) in [7, 11) is 0. The van der Waals surface area contributed by atoms with Gasteiger partial charge in [-0.1, -0.05) is 12.1 Å². The van der Waals surface area contributed by atoms with Crippen LogP contribution >= 0.6 is 15.9 Å². The van der Waals surface area contributed by atoms with Crippen molar-refractivity contribution in [2.45, 2.75) is 27.2 Å². The molecule has 0 saturated heterocycles. The summed E-state index contributed by atoms with van der Waals surface area (Å²) in [5.74, 6) is 0. The Balaban J connectivity index is 2.53.